The molecular weight excluding hydrogens is 516 g/mol. The van der Waals surface area contributed by atoms with E-state index < -0.39 is 28.3 Å². The number of ether oxygens (including phenoxy) is 1. The summed E-state index contributed by atoms with van der Waals surface area (Å²) in [5, 5.41) is 12.3. The van der Waals surface area contributed by atoms with Crippen molar-refractivity contribution in [2.75, 3.05) is 11.9 Å². The minimum atomic E-state index is -3.80. The van der Waals surface area contributed by atoms with Crippen LogP contribution in [0.5, 0.6) is 0 Å². The van der Waals surface area contributed by atoms with E-state index in [-0.39, 0.29) is 19.6 Å². The summed E-state index contributed by atoms with van der Waals surface area (Å²) in [6.07, 6.45) is 0.305. The van der Waals surface area contributed by atoms with Crippen LogP contribution in [0.2, 0.25) is 0 Å². The number of carbonyl (C=O) groups excluding carboxylic acids is 2. The summed E-state index contributed by atoms with van der Waals surface area (Å²) in [6, 6.07) is 15.1. The Morgan fingerprint density at radius 1 is 1.11 bits per heavy atom. The molecule has 3 rings (SSSR count). The molecule has 0 radical (unpaired) electrons. The molecule has 0 saturated heterocycles. The van der Waals surface area contributed by atoms with Gasteiger partial charge in [-0.15, -0.1) is 11.3 Å². The van der Waals surface area contributed by atoms with E-state index in [2.05, 4.69) is 25.2 Å². The molecule has 0 aliphatic rings. The minimum absolute atomic E-state index is 0.0431. The first kappa shape index (κ1) is 27.8. The van der Waals surface area contributed by atoms with Gasteiger partial charge in [-0.25, -0.2) is 24.5 Å². The maximum Gasteiger partial charge on any atom is 0.408 e. The van der Waals surface area contributed by atoms with Crippen LogP contribution in [0.4, 0.5) is 15.6 Å². The summed E-state index contributed by atoms with van der Waals surface area (Å²) in [6.45, 7) is 7.19. The molecule has 1 heterocycles. The molecule has 0 spiro atoms. The Morgan fingerprint density at radius 2 is 1.84 bits per heavy atom. The second-order valence-corrected chi connectivity index (χ2v) is 10.1. The van der Waals surface area contributed by atoms with Crippen LogP contribution in [0.1, 0.15) is 24.8 Å². The summed E-state index contributed by atoms with van der Waals surface area (Å²) < 4.78 is 29.5. The topological polar surface area (TPSA) is 157 Å². The van der Waals surface area contributed by atoms with Gasteiger partial charge in [-0.2, -0.15) is 8.42 Å². The standard InChI is InChI=1S/C24H26N6O5S2/c1-26-19-12-10-18(11-13-19)21-16-36-23(28-21)30-22(31)20(9-5-6-14-27-37(25,33)34)29-24(32)35-15-17-7-3-2-4-8-17/h2-4,7-8,10-13,16,20,27H,5-6,9,14-15H2,(H,29,32)(H2,25,33,34)(H,28,30,31)/t20-/m0/s1. The number of hydrogen-bond donors (Lipinski definition) is 4. The molecule has 1 atom stereocenters. The Hall–Kier alpha value is -3.83. The lowest BCUT2D eigenvalue weighted by Crippen LogP contribution is -2.44. The Morgan fingerprint density at radius 3 is 2.51 bits per heavy atom. The monoisotopic (exact) mass is 542 g/mol. The fourth-order valence-corrected chi connectivity index (χ4v) is 4.38. The van der Waals surface area contributed by atoms with Crippen molar-refractivity contribution in [3.63, 3.8) is 0 Å². The van der Waals surface area contributed by atoms with Crippen molar-refractivity contribution in [3.8, 4) is 11.3 Å². The van der Waals surface area contributed by atoms with Crippen LogP contribution in [-0.2, 0) is 26.3 Å². The van der Waals surface area contributed by atoms with Crippen LogP contribution < -0.4 is 20.5 Å². The highest BCUT2D eigenvalue weighted by atomic mass is 32.2. The summed E-state index contributed by atoms with van der Waals surface area (Å²) in [5.74, 6) is -0.486. The summed E-state index contributed by atoms with van der Waals surface area (Å²) in [7, 11) is -3.80. The lowest BCUT2D eigenvalue weighted by Gasteiger charge is -2.17. The van der Waals surface area contributed by atoms with Gasteiger partial charge in [0.25, 0.3) is 10.2 Å². The number of nitrogens with one attached hydrogen (secondary N) is 3. The van der Waals surface area contributed by atoms with Crippen LogP contribution in [0.3, 0.4) is 0 Å². The van der Waals surface area contributed by atoms with E-state index in [9.17, 15) is 18.0 Å². The lowest BCUT2D eigenvalue weighted by molar-refractivity contribution is -0.118. The number of benzene rings is 2. The van der Waals surface area contributed by atoms with Crippen LogP contribution in [0.15, 0.2) is 60.0 Å². The SMILES string of the molecule is [C-]#[N+]c1ccc(-c2csc(NC(=O)[C@H](CCCCNS(N)(=O)=O)NC(=O)OCc3ccccc3)n2)cc1. The van der Waals surface area contributed by atoms with Gasteiger partial charge in [0.05, 0.1) is 12.3 Å². The van der Waals surface area contributed by atoms with Crippen molar-refractivity contribution in [2.45, 2.75) is 31.9 Å². The fourth-order valence-electron chi connectivity index (χ4n) is 3.23. The molecule has 0 aliphatic heterocycles. The number of hydrogen-bond acceptors (Lipinski definition) is 7. The van der Waals surface area contributed by atoms with Crippen LogP contribution in [0, 0.1) is 6.57 Å². The maximum absolute atomic E-state index is 13.0. The third-order valence-electron chi connectivity index (χ3n) is 5.07. The Bertz CT molecular complexity index is 1340. The molecule has 5 N–H and O–H groups in total. The Kier molecular flexibility index (Phi) is 10.1. The van der Waals surface area contributed by atoms with E-state index in [1.807, 2.05) is 30.3 Å². The van der Waals surface area contributed by atoms with E-state index in [1.165, 1.54) is 11.3 Å². The second-order valence-electron chi connectivity index (χ2n) is 7.88. The van der Waals surface area contributed by atoms with Gasteiger partial charge in [0.15, 0.2) is 10.8 Å². The number of unbranched alkanes of at least 4 members (excludes halogenated alkanes) is 1. The summed E-state index contributed by atoms with van der Waals surface area (Å²) >= 11 is 1.22. The van der Waals surface area contributed by atoms with Crippen LogP contribution in [-0.4, -0.2) is 38.0 Å². The van der Waals surface area contributed by atoms with Gasteiger partial charge < -0.3 is 15.4 Å². The number of anilines is 1. The minimum Gasteiger partial charge on any atom is -0.445 e. The second kappa shape index (κ2) is 13.5. The lowest BCUT2D eigenvalue weighted by atomic mass is 10.1. The van der Waals surface area contributed by atoms with Crippen molar-refractivity contribution in [1.29, 1.82) is 0 Å². The molecule has 194 valence electrons. The number of rotatable bonds is 12. The van der Waals surface area contributed by atoms with Gasteiger partial charge in [-0.1, -0.05) is 54.6 Å². The molecule has 0 aliphatic carbocycles. The molecule has 11 nitrogen and oxygen atoms in total. The molecular formula is C24H26N6O5S2. The number of nitrogens with zero attached hydrogens (tertiary/aromatic N) is 2. The molecule has 37 heavy (non-hydrogen) atoms. The number of thiazole rings is 1. The normalized spacial score (nSPS) is 11.8. The third-order valence-corrected chi connectivity index (χ3v) is 6.43. The van der Waals surface area contributed by atoms with Crippen LogP contribution in [0.25, 0.3) is 16.1 Å². The van der Waals surface area contributed by atoms with E-state index >= 15 is 0 Å². The maximum atomic E-state index is 13.0. The van der Waals surface area contributed by atoms with Crippen molar-refractivity contribution >= 4 is 44.4 Å². The molecule has 2 amide bonds. The van der Waals surface area contributed by atoms with Gasteiger partial charge in [0.2, 0.25) is 5.91 Å². The first-order valence-electron chi connectivity index (χ1n) is 11.2. The predicted octanol–water partition coefficient (Wildman–Crippen LogP) is 3.56. The molecule has 2 aromatic carbocycles. The predicted molar refractivity (Wildman–Crippen MR) is 141 cm³/mol. The van der Waals surface area contributed by atoms with Crippen molar-refractivity contribution in [3.05, 3.63) is 77.0 Å². The zero-order chi connectivity index (χ0) is 26.7. The van der Waals surface area contributed by atoms with Crippen LogP contribution >= 0.6 is 11.3 Å². The highest BCUT2D eigenvalue weighted by molar-refractivity contribution is 7.87. The first-order chi connectivity index (χ1) is 17.7. The number of alkyl carbamates (subject to hydrolysis) is 1. The molecule has 0 fully saturated rings. The highest BCUT2D eigenvalue weighted by Gasteiger charge is 2.22. The number of aromatic nitrogens is 1. The quantitative estimate of drug-likeness (QED) is 0.202. The molecule has 0 bridgehead atoms. The van der Waals surface area contributed by atoms with Gasteiger partial charge >= 0.3 is 6.09 Å². The first-order valence-corrected chi connectivity index (χ1v) is 13.6. The molecule has 0 unspecified atom stereocenters. The molecule has 3 aromatic rings. The summed E-state index contributed by atoms with van der Waals surface area (Å²) in [4.78, 5) is 33.2. The Balaban J connectivity index is 1.61. The number of amides is 2. The molecule has 13 heteroatoms. The highest BCUT2D eigenvalue weighted by Crippen LogP contribution is 2.26. The van der Waals surface area contributed by atoms with Gasteiger partial charge in [0, 0.05) is 11.9 Å². The van der Waals surface area contributed by atoms with E-state index in [4.69, 9.17) is 16.4 Å². The smallest absolute Gasteiger partial charge is 0.408 e. The van der Waals surface area contributed by atoms with Crippen molar-refractivity contribution in [1.82, 2.24) is 15.0 Å². The third kappa shape index (κ3) is 9.62. The Labute approximate surface area is 219 Å². The summed E-state index contributed by atoms with van der Waals surface area (Å²) in [5.41, 5.74) is 2.75. The fraction of sp³-hybridized carbons (Fsp3) is 0.250. The average Bonchev–Trinajstić information content (AvgIpc) is 3.35. The van der Waals surface area contributed by atoms with Gasteiger partial charge in [-0.3, -0.25) is 4.79 Å². The van der Waals surface area contributed by atoms with Gasteiger partial charge in [-0.05, 0) is 30.4 Å². The number of nitrogens with two attached hydrogens (primary N) is 1. The van der Waals surface area contributed by atoms with E-state index in [0.29, 0.717) is 29.4 Å². The largest absolute Gasteiger partial charge is 0.445 e. The van der Waals surface area contributed by atoms with E-state index in [0.717, 1.165) is 11.1 Å². The number of carbonyl (C=O) groups is 2. The van der Waals surface area contributed by atoms with Crippen molar-refractivity contribution < 1.29 is 22.7 Å². The van der Waals surface area contributed by atoms with E-state index in [1.54, 1.807) is 29.6 Å². The molecule has 1 aromatic heterocycles. The molecule has 0 saturated carbocycles. The van der Waals surface area contributed by atoms with Crippen molar-refractivity contribution in [2.24, 2.45) is 5.14 Å². The zero-order valence-electron chi connectivity index (χ0n) is 19.7. The average molecular weight is 543 g/mol. The zero-order valence-corrected chi connectivity index (χ0v) is 21.3. The van der Waals surface area contributed by atoms with Gasteiger partial charge in [0.1, 0.15) is 12.6 Å².